The van der Waals surface area contributed by atoms with E-state index in [-0.39, 0.29) is 4.75 Å². The highest BCUT2D eigenvalue weighted by atomic mass is 32.2. The van der Waals surface area contributed by atoms with Gasteiger partial charge < -0.3 is 5.32 Å². The first-order valence-electron chi connectivity index (χ1n) is 7.04. The van der Waals surface area contributed by atoms with Gasteiger partial charge in [-0.25, -0.2) is 0 Å². The van der Waals surface area contributed by atoms with Gasteiger partial charge in [0.2, 0.25) is 0 Å². The van der Waals surface area contributed by atoms with Crippen molar-refractivity contribution in [1.82, 2.24) is 5.32 Å². The average molecular weight is 259 g/mol. The Bertz CT molecular complexity index is 259. The molecule has 1 fully saturated rings. The molecule has 1 rings (SSSR count). The summed E-state index contributed by atoms with van der Waals surface area (Å²) in [5.41, 5.74) is 0. The molecule has 1 aliphatic carbocycles. The van der Waals surface area contributed by atoms with Gasteiger partial charge in [0, 0.05) is 21.6 Å². The maximum Gasteiger partial charge on any atom is 0.0509 e. The van der Waals surface area contributed by atoms with Crippen molar-refractivity contribution in [3.63, 3.8) is 0 Å². The summed E-state index contributed by atoms with van der Waals surface area (Å²) in [4.78, 5) is 0. The lowest BCUT2D eigenvalue weighted by molar-refractivity contribution is 0.293. The standard InChI is InChI=1S/C14H29NOS/c1-6-11-8-9-12(15-7-2)13(10-11)17(16)14(3,4)5/h11-13,15H,6-10H2,1-5H3. The number of nitrogens with one attached hydrogen (secondary N) is 1. The molecule has 0 saturated heterocycles. The van der Waals surface area contributed by atoms with Gasteiger partial charge in [0.05, 0.1) is 5.25 Å². The van der Waals surface area contributed by atoms with E-state index in [1.807, 2.05) is 0 Å². The van der Waals surface area contributed by atoms with E-state index < -0.39 is 10.8 Å². The van der Waals surface area contributed by atoms with Gasteiger partial charge in [-0.2, -0.15) is 0 Å². The van der Waals surface area contributed by atoms with E-state index in [4.69, 9.17) is 0 Å². The van der Waals surface area contributed by atoms with E-state index >= 15 is 0 Å². The molecule has 0 aliphatic heterocycles. The number of rotatable bonds is 4. The minimum absolute atomic E-state index is 0.0893. The Hall–Kier alpha value is 0.110. The predicted molar refractivity (Wildman–Crippen MR) is 76.8 cm³/mol. The van der Waals surface area contributed by atoms with Gasteiger partial charge in [0.25, 0.3) is 0 Å². The third kappa shape index (κ3) is 4.06. The first-order valence-corrected chi connectivity index (χ1v) is 8.25. The highest BCUT2D eigenvalue weighted by molar-refractivity contribution is 7.87. The van der Waals surface area contributed by atoms with Gasteiger partial charge in [-0.3, -0.25) is 4.21 Å². The van der Waals surface area contributed by atoms with E-state index in [1.54, 1.807) is 0 Å². The lowest BCUT2D eigenvalue weighted by Crippen LogP contribution is -2.49. The maximum atomic E-state index is 12.6. The van der Waals surface area contributed by atoms with Crippen LogP contribution in [0.4, 0.5) is 0 Å². The molecule has 1 aliphatic rings. The van der Waals surface area contributed by atoms with Crippen LogP contribution in [0, 0.1) is 5.92 Å². The van der Waals surface area contributed by atoms with Crippen molar-refractivity contribution in [3.8, 4) is 0 Å². The smallest absolute Gasteiger partial charge is 0.0509 e. The largest absolute Gasteiger partial charge is 0.313 e. The zero-order valence-corrected chi connectivity index (χ0v) is 12.9. The SMILES string of the molecule is CCNC1CCC(CC)CC1S(=O)C(C)(C)C. The van der Waals surface area contributed by atoms with Crippen LogP contribution in [-0.4, -0.2) is 26.8 Å². The summed E-state index contributed by atoms with van der Waals surface area (Å²) in [5, 5.41) is 3.88. The van der Waals surface area contributed by atoms with Gasteiger partial charge >= 0.3 is 0 Å². The van der Waals surface area contributed by atoms with E-state index in [0.717, 1.165) is 18.9 Å². The van der Waals surface area contributed by atoms with E-state index in [0.29, 0.717) is 11.3 Å². The number of hydrogen-bond acceptors (Lipinski definition) is 2. The molecular weight excluding hydrogens is 230 g/mol. The molecule has 0 aromatic rings. The molecular formula is C14H29NOS. The van der Waals surface area contributed by atoms with Crippen molar-refractivity contribution < 1.29 is 4.21 Å². The minimum atomic E-state index is -0.740. The summed E-state index contributed by atoms with van der Waals surface area (Å²) in [5.74, 6) is 0.779. The van der Waals surface area contributed by atoms with Crippen molar-refractivity contribution in [1.29, 1.82) is 0 Å². The Morgan fingerprint density at radius 1 is 1.24 bits per heavy atom. The van der Waals surface area contributed by atoms with Crippen LogP contribution in [0.1, 0.15) is 60.3 Å². The fourth-order valence-electron chi connectivity index (χ4n) is 2.77. The zero-order valence-electron chi connectivity index (χ0n) is 12.1. The monoisotopic (exact) mass is 259 g/mol. The van der Waals surface area contributed by atoms with Crippen LogP contribution in [0.2, 0.25) is 0 Å². The lowest BCUT2D eigenvalue weighted by atomic mass is 9.84. The summed E-state index contributed by atoms with van der Waals surface area (Å²) in [6.07, 6.45) is 4.86. The quantitative estimate of drug-likeness (QED) is 0.840. The summed E-state index contributed by atoms with van der Waals surface area (Å²) in [7, 11) is -0.740. The fraction of sp³-hybridized carbons (Fsp3) is 1.00. The second-order valence-electron chi connectivity index (χ2n) is 6.20. The Morgan fingerprint density at radius 2 is 1.88 bits per heavy atom. The summed E-state index contributed by atoms with van der Waals surface area (Å²) in [6.45, 7) is 11.7. The first kappa shape index (κ1) is 15.2. The third-order valence-corrected chi connectivity index (χ3v) is 6.10. The molecule has 0 bridgehead atoms. The van der Waals surface area contributed by atoms with Crippen molar-refractivity contribution in [2.45, 2.75) is 76.3 Å². The summed E-state index contributed by atoms with van der Waals surface area (Å²) >= 11 is 0. The Labute approximate surface area is 109 Å². The van der Waals surface area contributed by atoms with Crippen LogP contribution in [-0.2, 0) is 10.8 Å². The minimum Gasteiger partial charge on any atom is -0.313 e. The zero-order chi connectivity index (χ0) is 13.1. The van der Waals surface area contributed by atoms with Crippen LogP contribution in [0.3, 0.4) is 0 Å². The van der Waals surface area contributed by atoms with Crippen molar-refractivity contribution in [2.75, 3.05) is 6.54 Å². The van der Waals surface area contributed by atoms with Crippen molar-refractivity contribution in [3.05, 3.63) is 0 Å². The second kappa shape index (κ2) is 6.33. The third-order valence-electron chi connectivity index (χ3n) is 3.82. The van der Waals surface area contributed by atoms with E-state index in [2.05, 4.69) is 39.9 Å². The molecule has 3 heteroatoms. The molecule has 4 unspecified atom stereocenters. The molecule has 1 N–H and O–H groups in total. The van der Waals surface area contributed by atoms with Crippen LogP contribution < -0.4 is 5.32 Å². The molecule has 1 saturated carbocycles. The Kier molecular flexibility index (Phi) is 5.65. The first-order chi connectivity index (χ1) is 7.90. The summed E-state index contributed by atoms with van der Waals surface area (Å²) in [6, 6.07) is 0.461. The van der Waals surface area contributed by atoms with Gasteiger partial charge in [-0.05, 0) is 52.5 Å². The van der Waals surface area contributed by atoms with Crippen molar-refractivity contribution >= 4 is 10.8 Å². The topological polar surface area (TPSA) is 29.1 Å². The number of hydrogen-bond donors (Lipinski definition) is 1. The van der Waals surface area contributed by atoms with Crippen LogP contribution in [0.15, 0.2) is 0 Å². The summed E-state index contributed by atoms with van der Waals surface area (Å²) < 4.78 is 12.5. The van der Waals surface area contributed by atoms with Gasteiger partial charge in [0.1, 0.15) is 0 Å². The Morgan fingerprint density at radius 3 is 2.35 bits per heavy atom. The normalized spacial score (nSPS) is 32.4. The fourth-order valence-corrected chi connectivity index (χ4v) is 4.65. The van der Waals surface area contributed by atoms with Gasteiger partial charge in [-0.1, -0.05) is 20.3 Å². The molecule has 0 aromatic heterocycles. The maximum absolute atomic E-state index is 12.6. The Balaban J connectivity index is 2.76. The lowest BCUT2D eigenvalue weighted by Gasteiger charge is -2.38. The van der Waals surface area contributed by atoms with E-state index in [9.17, 15) is 4.21 Å². The average Bonchev–Trinajstić information content (AvgIpc) is 2.28. The molecule has 2 nitrogen and oxygen atoms in total. The van der Waals surface area contributed by atoms with Crippen molar-refractivity contribution in [2.24, 2.45) is 5.92 Å². The molecule has 0 amide bonds. The van der Waals surface area contributed by atoms with Gasteiger partial charge in [-0.15, -0.1) is 0 Å². The van der Waals surface area contributed by atoms with Crippen LogP contribution in [0.25, 0.3) is 0 Å². The molecule has 0 radical (unpaired) electrons. The van der Waals surface area contributed by atoms with Gasteiger partial charge in [0.15, 0.2) is 0 Å². The molecule has 0 aromatic carbocycles. The molecule has 0 heterocycles. The molecule has 17 heavy (non-hydrogen) atoms. The van der Waals surface area contributed by atoms with Crippen LogP contribution in [0.5, 0.6) is 0 Å². The second-order valence-corrected chi connectivity index (χ2v) is 8.62. The molecule has 0 spiro atoms. The van der Waals surface area contributed by atoms with Crippen LogP contribution >= 0.6 is 0 Å². The molecule has 102 valence electrons. The highest BCUT2D eigenvalue weighted by Gasteiger charge is 2.37. The highest BCUT2D eigenvalue weighted by Crippen LogP contribution is 2.33. The predicted octanol–water partition coefficient (Wildman–Crippen LogP) is 3.09. The van der Waals surface area contributed by atoms with E-state index in [1.165, 1.54) is 19.3 Å². The molecule has 4 atom stereocenters.